The Kier molecular flexibility index (Phi) is 6.12. The Hall–Kier alpha value is -1.47. The number of nitrogens with one attached hydrogen (secondary N) is 1. The van der Waals surface area contributed by atoms with Gasteiger partial charge in [-0.05, 0) is 49.9 Å². The summed E-state index contributed by atoms with van der Waals surface area (Å²) in [5.74, 6) is -0.751. The lowest BCUT2D eigenvalue weighted by molar-refractivity contribution is -0.146. The Labute approximate surface area is 136 Å². The minimum absolute atomic E-state index is 0.0918. The van der Waals surface area contributed by atoms with Crippen LogP contribution in [0.15, 0.2) is 29.2 Å². The highest BCUT2D eigenvalue weighted by molar-refractivity contribution is 7.89. The van der Waals surface area contributed by atoms with Crippen molar-refractivity contribution in [3.05, 3.63) is 30.1 Å². The van der Waals surface area contributed by atoms with Crippen molar-refractivity contribution < 1.29 is 22.3 Å². The summed E-state index contributed by atoms with van der Waals surface area (Å²) in [5, 5.41) is 0. The fourth-order valence-electron chi connectivity index (χ4n) is 2.64. The highest BCUT2D eigenvalue weighted by Gasteiger charge is 2.24. The molecule has 7 heteroatoms. The molecule has 1 aliphatic rings. The topological polar surface area (TPSA) is 72.5 Å². The fraction of sp³-hybridized carbons (Fsp3) is 0.562. The lowest BCUT2D eigenvalue weighted by atomic mass is 9.90. The minimum Gasteiger partial charge on any atom is -0.464 e. The van der Waals surface area contributed by atoms with Gasteiger partial charge >= 0.3 is 5.97 Å². The molecule has 1 aliphatic carbocycles. The molecule has 0 spiro atoms. The van der Waals surface area contributed by atoms with Gasteiger partial charge < -0.3 is 4.74 Å². The molecule has 0 saturated heterocycles. The van der Waals surface area contributed by atoms with E-state index in [2.05, 4.69) is 4.72 Å². The predicted molar refractivity (Wildman–Crippen MR) is 83.7 cm³/mol. The van der Waals surface area contributed by atoms with E-state index in [1.165, 1.54) is 13.3 Å². The number of hydrogen-bond donors (Lipinski definition) is 1. The standard InChI is InChI=1S/C16H22FNO4S/c1-12(16(19)22-11-13-5-3-2-4-6-13)18-23(20,21)15-9-7-14(17)8-10-15/h7-10,12-13,18H,2-6,11H2,1H3/t12-/m1/s1. The van der Waals surface area contributed by atoms with Crippen LogP contribution in [0.3, 0.4) is 0 Å². The summed E-state index contributed by atoms with van der Waals surface area (Å²) in [7, 11) is -3.88. The van der Waals surface area contributed by atoms with Gasteiger partial charge in [-0.2, -0.15) is 4.72 Å². The van der Waals surface area contributed by atoms with Crippen LogP contribution in [0.4, 0.5) is 4.39 Å². The molecule has 0 radical (unpaired) electrons. The van der Waals surface area contributed by atoms with Gasteiger partial charge in [0.25, 0.3) is 0 Å². The molecule has 1 fully saturated rings. The first-order valence-electron chi connectivity index (χ1n) is 7.83. The number of benzene rings is 1. The fourth-order valence-corrected chi connectivity index (χ4v) is 3.83. The first-order chi connectivity index (χ1) is 10.9. The first kappa shape index (κ1) is 17.9. The highest BCUT2D eigenvalue weighted by Crippen LogP contribution is 2.23. The smallest absolute Gasteiger partial charge is 0.323 e. The van der Waals surface area contributed by atoms with Crippen molar-refractivity contribution in [2.75, 3.05) is 6.61 Å². The van der Waals surface area contributed by atoms with Crippen LogP contribution in [0, 0.1) is 11.7 Å². The summed E-state index contributed by atoms with van der Waals surface area (Å²) in [6.45, 7) is 1.77. The minimum atomic E-state index is -3.88. The van der Waals surface area contributed by atoms with Crippen LogP contribution < -0.4 is 4.72 Å². The summed E-state index contributed by atoms with van der Waals surface area (Å²) in [6.07, 6.45) is 5.61. The van der Waals surface area contributed by atoms with E-state index >= 15 is 0 Å². The zero-order chi connectivity index (χ0) is 16.9. The summed E-state index contributed by atoms with van der Waals surface area (Å²) >= 11 is 0. The van der Waals surface area contributed by atoms with Crippen LogP contribution in [0.25, 0.3) is 0 Å². The van der Waals surface area contributed by atoms with E-state index < -0.39 is 27.9 Å². The Morgan fingerprint density at radius 1 is 1.26 bits per heavy atom. The van der Waals surface area contributed by atoms with Crippen molar-refractivity contribution in [2.45, 2.75) is 50.0 Å². The van der Waals surface area contributed by atoms with Crippen LogP contribution in [-0.4, -0.2) is 27.0 Å². The summed E-state index contributed by atoms with van der Waals surface area (Å²) in [5.41, 5.74) is 0. The molecule has 0 bridgehead atoms. The number of esters is 1. The molecule has 0 unspecified atom stereocenters. The quantitative estimate of drug-likeness (QED) is 0.806. The zero-order valence-corrected chi connectivity index (χ0v) is 13.9. The van der Waals surface area contributed by atoms with Gasteiger partial charge in [0.2, 0.25) is 10.0 Å². The van der Waals surface area contributed by atoms with Crippen LogP contribution in [0.5, 0.6) is 0 Å². The molecular weight excluding hydrogens is 321 g/mol. The summed E-state index contributed by atoms with van der Waals surface area (Å²) in [4.78, 5) is 11.8. The number of carbonyl (C=O) groups excluding carboxylic acids is 1. The molecule has 1 saturated carbocycles. The Balaban J connectivity index is 1.87. The molecule has 128 valence electrons. The third-order valence-electron chi connectivity index (χ3n) is 4.00. The molecule has 1 aromatic carbocycles. The molecule has 5 nitrogen and oxygen atoms in total. The molecule has 23 heavy (non-hydrogen) atoms. The van der Waals surface area contributed by atoms with Crippen molar-refractivity contribution in [3.8, 4) is 0 Å². The molecule has 1 N–H and O–H groups in total. The maximum atomic E-state index is 12.9. The van der Waals surface area contributed by atoms with Gasteiger partial charge in [-0.25, -0.2) is 12.8 Å². The van der Waals surface area contributed by atoms with Crippen LogP contribution in [-0.2, 0) is 19.6 Å². The Morgan fingerprint density at radius 3 is 2.48 bits per heavy atom. The van der Waals surface area contributed by atoms with Crippen molar-refractivity contribution in [3.63, 3.8) is 0 Å². The van der Waals surface area contributed by atoms with Crippen LogP contribution in [0.1, 0.15) is 39.0 Å². The van der Waals surface area contributed by atoms with Crippen molar-refractivity contribution in [1.29, 1.82) is 0 Å². The summed E-state index contributed by atoms with van der Waals surface area (Å²) < 4.78 is 44.6. The van der Waals surface area contributed by atoms with E-state index in [1.54, 1.807) is 0 Å². The van der Waals surface area contributed by atoms with E-state index in [4.69, 9.17) is 4.74 Å². The van der Waals surface area contributed by atoms with Gasteiger partial charge in [-0.15, -0.1) is 0 Å². The number of hydrogen-bond acceptors (Lipinski definition) is 4. The van der Waals surface area contributed by atoms with Crippen molar-refractivity contribution >= 4 is 16.0 Å². The zero-order valence-electron chi connectivity index (χ0n) is 13.1. The largest absolute Gasteiger partial charge is 0.464 e. The lowest BCUT2D eigenvalue weighted by Gasteiger charge is -2.22. The molecule has 0 aromatic heterocycles. The number of carbonyl (C=O) groups is 1. The van der Waals surface area contributed by atoms with E-state index in [0.29, 0.717) is 12.5 Å². The lowest BCUT2D eigenvalue weighted by Crippen LogP contribution is -2.40. The van der Waals surface area contributed by atoms with Gasteiger partial charge in [0.05, 0.1) is 11.5 Å². The molecule has 0 heterocycles. The van der Waals surface area contributed by atoms with E-state index in [0.717, 1.165) is 49.9 Å². The summed E-state index contributed by atoms with van der Waals surface area (Å²) in [6, 6.07) is 3.42. The second kappa shape index (κ2) is 7.88. The number of sulfonamides is 1. The number of halogens is 1. The molecular formula is C16H22FNO4S. The third-order valence-corrected chi connectivity index (χ3v) is 5.55. The highest BCUT2D eigenvalue weighted by atomic mass is 32.2. The normalized spacial score (nSPS) is 17.7. The van der Waals surface area contributed by atoms with E-state index in [-0.39, 0.29) is 4.90 Å². The SMILES string of the molecule is C[C@@H](NS(=O)(=O)c1ccc(F)cc1)C(=O)OCC1CCCCC1. The van der Waals surface area contributed by atoms with Gasteiger partial charge in [0.1, 0.15) is 11.9 Å². The maximum absolute atomic E-state index is 12.9. The Bertz CT molecular complexity index is 624. The molecule has 1 aromatic rings. The van der Waals surface area contributed by atoms with Crippen molar-refractivity contribution in [1.82, 2.24) is 4.72 Å². The molecule has 0 aliphatic heterocycles. The van der Waals surface area contributed by atoms with Crippen LogP contribution in [0.2, 0.25) is 0 Å². The molecule has 2 rings (SSSR count). The van der Waals surface area contributed by atoms with Gasteiger partial charge in [-0.1, -0.05) is 19.3 Å². The molecule has 0 amide bonds. The monoisotopic (exact) mass is 343 g/mol. The predicted octanol–water partition coefficient (Wildman–Crippen LogP) is 2.62. The average molecular weight is 343 g/mol. The second-order valence-electron chi connectivity index (χ2n) is 5.93. The molecule has 1 atom stereocenters. The number of ether oxygens (including phenoxy) is 1. The maximum Gasteiger partial charge on any atom is 0.323 e. The van der Waals surface area contributed by atoms with Crippen LogP contribution >= 0.6 is 0 Å². The van der Waals surface area contributed by atoms with Crippen molar-refractivity contribution in [2.24, 2.45) is 5.92 Å². The Morgan fingerprint density at radius 2 is 1.87 bits per heavy atom. The van der Waals surface area contributed by atoms with Gasteiger partial charge in [0.15, 0.2) is 0 Å². The average Bonchev–Trinajstić information content (AvgIpc) is 2.53. The van der Waals surface area contributed by atoms with E-state index in [9.17, 15) is 17.6 Å². The van der Waals surface area contributed by atoms with Gasteiger partial charge in [-0.3, -0.25) is 4.79 Å². The number of rotatable bonds is 6. The van der Waals surface area contributed by atoms with E-state index in [1.807, 2.05) is 0 Å². The second-order valence-corrected chi connectivity index (χ2v) is 7.64. The van der Waals surface area contributed by atoms with Gasteiger partial charge in [0, 0.05) is 0 Å². The third kappa shape index (κ3) is 5.28. The first-order valence-corrected chi connectivity index (χ1v) is 9.31.